The molecule has 3 rings (SSSR count). The Morgan fingerprint density at radius 2 is 1.35 bits per heavy atom. The van der Waals surface area contributed by atoms with Gasteiger partial charge in [0.2, 0.25) is 0 Å². The molecule has 0 spiro atoms. The topological polar surface area (TPSA) is 49.3 Å². The smallest absolute Gasteiger partial charge is 0.416 e. The molecule has 3 aromatic carbocycles. The van der Waals surface area contributed by atoms with E-state index in [4.69, 9.17) is 0 Å². The van der Waals surface area contributed by atoms with Crippen LogP contribution >= 0.6 is 0 Å². The van der Waals surface area contributed by atoms with Gasteiger partial charge in [-0.05, 0) is 47.9 Å². The van der Waals surface area contributed by atoms with Crippen LogP contribution in [0.2, 0.25) is 0 Å². The van der Waals surface area contributed by atoms with E-state index in [-0.39, 0.29) is 11.6 Å². The van der Waals surface area contributed by atoms with Gasteiger partial charge in [-0.25, -0.2) is 0 Å². The maximum atomic E-state index is 13.0. The van der Waals surface area contributed by atoms with Gasteiger partial charge < -0.3 is 10.4 Å². The Morgan fingerprint density at radius 1 is 0.774 bits per heavy atom. The van der Waals surface area contributed by atoms with Crippen LogP contribution in [0, 0.1) is 0 Å². The maximum Gasteiger partial charge on any atom is 0.416 e. The Labute approximate surface area is 173 Å². The van der Waals surface area contributed by atoms with Crippen LogP contribution in [0.4, 0.5) is 32.0 Å². The first-order valence-electron chi connectivity index (χ1n) is 8.90. The van der Waals surface area contributed by atoms with Gasteiger partial charge in [-0.15, -0.1) is 0 Å². The van der Waals surface area contributed by atoms with Crippen LogP contribution in [0.25, 0.3) is 0 Å². The van der Waals surface area contributed by atoms with Crippen molar-refractivity contribution < 1.29 is 36.2 Å². The number of aromatic hydroxyl groups is 1. The Kier molecular flexibility index (Phi) is 5.97. The van der Waals surface area contributed by atoms with Gasteiger partial charge >= 0.3 is 12.4 Å². The third kappa shape index (κ3) is 5.56. The molecule has 0 aromatic heterocycles. The van der Waals surface area contributed by atoms with E-state index < -0.39 is 40.8 Å². The largest absolute Gasteiger partial charge is 0.507 e. The van der Waals surface area contributed by atoms with Gasteiger partial charge in [0.25, 0.3) is 5.91 Å². The summed E-state index contributed by atoms with van der Waals surface area (Å²) in [5.74, 6) is -1.50. The molecule has 31 heavy (non-hydrogen) atoms. The van der Waals surface area contributed by atoms with Crippen molar-refractivity contribution in [2.75, 3.05) is 5.32 Å². The summed E-state index contributed by atoms with van der Waals surface area (Å²) in [5.41, 5.74) is -2.56. The van der Waals surface area contributed by atoms with Crippen LogP contribution in [0.5, 0.6) is 5.75 Å². The summed E-state index contributed by atoms with van der Waals surface area (Å²) in [7, 11) is 0. The van der Waals surface area contributed by atoms with Crippen molar-refractivity contribution in [3.05, 3.63) is 94.5 Å². The van der Waals surface area contributed by atoms with E-state index in [1.54, 1.807) is 6.07 Å². The lowest BCUT2D eigenvalue weighted by Gasteiger charge is -2.15. The highest BCUT2D eigenvalue weighted by Gasteiger charge is 2.37. The molecule has 3 aromatic rings. The fourth-order valence-corrected chi connectivity index (χ4v) is 2.93. The highest BCUT2D eigenvalue weighted by atomic mass is 19.4. The quantitative estimate of drug-likeness (QED) is 0.471. The zero-order chi connectivity index (χ0) is 22.8. The lowest BCUT2D eigenvalue weighted by atomic mass is 10.0. The summed E-state index contributed by atoms with van der Waals surface area (Å²) >= 11 is 0. The third-order valence-electron chi connectivity index (χ3n) is 4.40. The summed E-state index contributed by atoms with van der Waals surface area (Å²) in [6.45, 7) is 0. The summed E-state index contributed by atoms with van der Waals surface area (Å²) < 4.78 is 78.0. The Balaban J connectivity index is 1.91. The van der Waals surface area contributed by atoms with Crippen molar-refractivity contribution in [1.29, 1.82) is 0 Å². The van der Waals surface area contributed by atoms with Gasteiger partial charge in [0.1, 0.15) is 5.75 Å². The normalized spacial score (nSPS) is 11.9. The van der Waals surface area contributed by atoms with Crippen LogP contribution < -0.4 is 5.32 Å². The minimum Gasteiger partial charge on any atom is -0.507 e. The van der Waals surface area contributed by atoms with Crippen LogP contribution in [-0.4, -0.2) is 11.0 Å². The minimum atomic E-state index is -5.04. The molecule has 3 nitrogen and oxygen atoms in total. The number of carbonyl (C=O) groups is 1. The van der Waals surface area contributed by atoms with Crippen LogP contribution in [-0.2, 0) is 18.8 Å². The average Bonchev–Trinajstić information content (AvgIpc) is 2.68. The molecule has 0 atom stereocenters. The standard InChI is InChI=1S/C22H15F6NO2/c23-21(24,25)15-10-16(22(26,27)28)12-17(11-15)29-20(31)18-9-14(6-7-19(18)30)8-13-4-2-1-3-5-13/h1-7,9-12,30H,8H2,(H,29,31). The van der Waals surface area contributed by atoms with E-state index in [0.29, 0.717) is 24.1 Å². The van der Waals surface area contributed by atoms with Gasteiger partial charge in [-0.3, -0.25) is 4.79 Å². The first-order valence-corrected chi connectivity index (χ1v) is 8.90. The number of alkyl halides is 6. The van der Waals surface area contributed by atoms with E-state index in [1.165, 1.54) is 12.1 Å². The summed E-state index contributed by atoms with van der Waals surface area (Å²) in [6.07, 6.45) is -9.68. The SMILES string of the molecule is O=C(Nc1cc(C(F)(F)F)cc(C(F)(F)F)c1)c1cc(Cc2ccccc2)ccc1O. The van der Waals surface area contributed by atoms with Gasteiger partial charge in [0, 0.05) is 5.69 Å². The lowest BCUT2D eigenvalue weighted by Crippen LogP contribution is -2.16. The number of anilines is 1. The predicted octanol–water partition coefficient (Wildman–Crippen LogP) is 6.27. The van der Waals surface area contributed by atoms with Crippen LogP contribution in [0.3, 0.4) is 0 Å². The van der Waals surface area contributed by atoms with Crippen molar-refractivity contribution in [1.82, 2.24) is 0 Å². The highest BCUT2D eigenvalue weighted by Crippen LogP contribution is 2.37. The number of hydrogen-bond acceptors (Lipinski definition) is 2. The number of phenolic OH excluding ortho intramolecular Hbond substituents is 1. The molecule has 0 fully saturated rings. The monoisotopic (exact) mass is 439 g/mol. The van der Waals surface area contributed by atoms with Gasteiger partial charge in [-0.1, -0.05) is 36.4 Å². The zero-order valence-corrected chi connectivity index (χ0v) is 15.7. The molecule has 162 valence electrons. The molecule has 0 saturated heterocycles. The first kappa shape index (κ1) is 22.2. The molecule has 0 unspecified atom stereocenters. The fraction of sp³-hybridized carbons (Fsp3) is 0.136. The van der Waals surface area contributed by atoms with E-state index in [1.807, 2.05) is 35.6 Å². The van der Waals surface area contributed by atoms with Crippen molar-refractivity contribution >= 4 is 11.6 Å². The van der Waals surface area contributed by atoms with Gasteiger partial charge in [-0.2, -0.15) is 26.3 Å². The number of benzene rings is 3. The molecule has 0 aliphatic heterocycles. The second-order valence-corrected chi connectivity index (χ2v) is 6.76. The molecule has 0 aliphatic rings. The second kappa shape index (κ2) is 8.33. The lowest BCUT2D eigenvalue weighted by molar-refractivity contribution is -0.143. The fourth-order valence-electron chi connectivity index (χ4n) is 2.93. The predicted molar refractivity (Wildman–Crippen MR) is 102 cm³/mol. The summed E-state index contributed by atoms with van der Waals surface area (Å²) in [5, 5.41) is 12.0. The number of nitrogens with one attached hydrogen (secondary N) is 1. The highest BCUT2D eigenvalue weighted by molar-refractivity contribution is 6.06. The number of hydrogen-bond donors (Lipinski definition) is 2. The van der Waals surface area contributed by atoms with Crippen molar-refractivity contribution in [3.8, 4) is 5.75 Å². The van der Waals surface area contributed by atoms with Crippen molar-refractivity contribution in [2.45, 2.75) is 18.8 Å². The van der Waals surface area contributed by atoms with Crippen LogP contribution in [0.15, 0.2) is 66.7 Å². The molecule has 0 radical (unpaired) electrons. The molecule has 0 heterocycles. The molecule has 2 N–H and O–H groups in total. The van der Waals surface area contributed by atoms with E-state index in [9.17, 15) is 36.2 Å². The van der Waals surface area contributed by atoms with Crippen molar-refractivity contribution in [2.24, 2.45) is 0 Å². The summed E-state index contributed by atoms with van der Waals surface area (Å²) in [4.78, 5) is 12.5. The molecular weight excluding hydrogens is 424 g/mol. The molecular formula is C22H15F6NO2. The minimum absolute atomic E-state index is 0.0341. The zero-order valence-electron chi connectivity index (χ0n) is 15.7. The number of rotatable bonds is 4. The van der Waals surface area contributed by atoms with Crippen molar-refractivity contribution in [3.63, 3.8) is 0 Å². The average molecular weight is 439 g/mol. The Morgan fingerprint density at radius 3 is 1.90 bits per heavy atom. The molecule has 0 saturated carbocycles. The van der Waals surface area contributed by atoms with E-state index in [0.717, 1.165) is 5.56 Å². The molecule has 0 aliphatic carbocycles. The molecule has 1 amide bonds. The molecule has 9 heteroatoms. The van der Waals surface area contributed by atoms with Gasteiger partial charge in [0.05, 0.1) is 16.7 Å². The maximum absolute atomic E-state index is 13.0. The van der Waals surface area contributed by atoms with E-state index in [2.05, 4.69) is 0 Å². The van der Waals surface area contributed by atoms with Crippen LogP contribution in [0.1, 0.15) is 32.6 Å². The number of carbonyl (C=O) groups excluding carboxylic acids is 1. The third-order valence-corrected chi connectivity index (χ3v) is 4.40. The molecule has 0 bridgehead atoms. The Bertz CT molecular complexity index is 1060. The second-order valence-electron chi connectivity index (χ2n) is 6.76. The Hall–Kier alpha value is -3.49. The first-order chi connectivity index (χ1) is 14.4. The van der Waals surface area contributed by atoms with E-state index >= 15 is 0 Å². The number of amides is 1. The summed E-state index contributed by atoms with van der Waals surface area (Å²) in [6, 6.07) is 14.0. The number of halogens is 6. The van der Waals surface area contributed by atoms with Gasteiger partial charge in [0.15, 0.2) is 0 Å². The number of phenols is 1.